The highest BCUT2D eigenvalue weighted by Gasteiger charge is 2.34. The van der Waals surface area contributed by atoms with Gasteiger partial charge in [-0.25, -0.2) is 9.36 Å². The van der Waals surface area contributed by atoms with E-state index in [9.17, 15) is 4.79 Å². The summed E-state index contributed by atoms with van der Waals surface area (Å²) in [5.41, 5.74) is 2.55. The van der Waals surface area contributed by atoms with E-state index < -0.39 is 5.60 Å². The minimum absolute atomic E-state index is 0.0154. The van der Waals surface area contributed by atoms with Crippen molar-refractivity contribution < 1.29 is 9.53 Å². The van der Waals surface area contributed by atoms with Gasteiger partial charge in [-0.3, -0.25) is 4.90 Å². The summed E-state index contributed by atoms with van der Waals surface area (Å²) in [7, 11) is 0. The maximum absolute atomic E-state index is 13.1. The standard InChI is InChI=1S/C22H27IN2O2/c1-6-15(23)14-24-13-12-17-16-10-8-9-11-19(16)25(20(17)18(24)7-2)21(26)27-22(3,4)5/h2,6,8-11,18H,7,12-14H2,1,3-5H3. The first-order chi connectivity index (χ1) is 12.8. The van der Waals surface area contributed by atoms with E-state index in [1.165, 1.54) is 9.14 Å². The third-order valence-electron chi connectivity index (χ3n) is 4.89. The van der Waals surface area contributed by atoms with E-state index in [0.717, 1.165) is 36.1 Å². The molecule has 4 nitrogen and oxygen atoms in total. The highest BCUT2D eigenvalue weighted by molar-refractivity contribution is 14.1. The van der Waals surface area contributed by atoms with Crippen molar-refractivity contribution >= 4 is 39.6 Å². The smallest absolute Gasteiger partial charge is 0.419 e. The van der Waals surface area contributed by atoms with Crippen LogP contribution in [0.1, 0.15) is 51.4 Å². The van der Waals surface area contributed by atoms with Crippen molar-refractivity contribution in [1.82, 2.24) is 9.47 Å². The largest absolute Gasteiger partial charge is 0.443 e. The Morgan fingerprint density at radius 3 is 2.70 bits per heavy atom. The first-order valence-corrected chi connectivity index (χ1v) is 10.4. The molecule has 144 valence electrons. The van der Waals surface area contributed by atoms with Crippen molar-refractivity contribution in [1.29, 1.82) is 0 Å². The van der Waals surface area contributed by atoms with E-state index in [1.54, 1.807) is 4.57 Å². The highest BCUT2D eigenvalue weighted by atomic mass is 127. The van der Waals surface area contributed by atoms with Crippen LogP contribution in [0.15, 0.2) is 33.9 Å². The summed E-state index contributed by atoms with van der Waals surface area (Å²) in [6.07, 6.45) is 3.14. The Bertz CT molecular complexity index is 876. The van der Waals surface area contributed by atoms with Crippen LogP contribution in [-0.4, -0.2) is 34.3 Å². The molecule has 27 heavy (non-hydrogen) atoms. The zero-order valence-corrected chi connectivity index (χ0v) is 18.6. The topological polar surface area (TPSA) is 34.5 Å². The maximum atomic E-state index is 13.1. The van der Waals surface area contributed by atoms with Gasteiger partial charge in [0.05, 0.1) is 17.3 Å². The van der Waals surface area contributed by atoms with Gasteiger partial charge in [-0.2, -0.15) is 0 Å². The van der Waals surface area contributed by atoms with Gasteiger partial charge in [0.2, 0.25) is 0 Å². The summed E-state index contributed by atoms with van der Waals surface area (Å²) >= 11 is 2.37. The summed E-state index contributed by atoms with van der Waals surface area (Å²) in [5.74, 6) is 0. The van der Waals surface area contributed by atoms with Gasteiger partial charge in [0, 0.05) is 22.1 Å². The molecule has 0 saturated heterocycles. The van der Waals surface area contributed by atoms with E-state index in [2.05, 4.69) is 39.6 Å². The van der Waals surface area contributed by atoms with Crippen LogP contribution in [0.3, 0.4) is 0 Å². The number of nitrogens with zero attached hydrogens (tertiary/aromatic N) is 2. The average molecular weight is 478 g/mol. The second kappa shape index (κ2) is 7.95. The minimum atomic E-state index is -0.553. The van der Waals surface area contributed by atoms with Gasteiger partial charge in [-0.05, 0) is 81.7 Å². The third kappa shape index (κ3) is 4.09. The molecule has 0 aliphatic carbocycles. The van der Waals surface area contributed by atoms with Crippen LogP contribution in [-0.2, 0) is 11.2 Å². The number of aromatic nitrogens is 1. The fourth-order valence-corrected chi connectivity index (χ4v) is 4.20. The fraction of sp³-hybridized carbons (Fsp3) is 0.455. The molecule has 2 aromatic rings. The molecule has 2 heterocycles. The number of carbonyl (C=O) groups is 1. The molecule has 1 unspecified atom stereocenters. The van der Waals surface area contributed by atoms with Crippen LogP contribution in [0.4, 0.5) is 4.79 Å². The van der Waals surface area contributed by atoms with Gasteiger partial charge in [0.1, 0.15) is 5.60 Å². The summed E-state index contributed by atoms with van der Waals surface area (Å²) in [6.45, 7) is 15.7. The molecule has 0 amide bonds. The lowest BCUT2D eigenvalue weighted by Crippen LogP contribution is -2.38. The van der Waals surface area contributed by atoms with Crippen LogP contribution in [0, 0.1) is 6.92 Å². The van der Waals surface area contributed by atoms with Crippen molar-refractivity contribution in [2.45, 2.75) is 52.2 Å². The monoisotopic (exact) mass is 478 g/mol. The molecule has 2 radical (unpaired) electrons. The Kier molecular flexibility index (Phi) is 6.01. The number of hydrogen-bond donors (Lipinski definition) is 0. The Labute approximate surface area is 175 Å². The lowest BCUT2D eigenvalue weighted by molar-refractivity contribution is 0.0527. The minimum Gasteiger partial charge on any atom is -0.443 e. The number of rotatable bonds is 3. The van der Waals surface area contributed by atoms with E-state index in [0.29, 0.717) is 6.42 Å². The molecular weight excluding hydrogens is 451 g/mol. The molecule has 1 aromatic heterocycles. The molecule has 0 fully saturated rings. The van der Waals surface area contributed by atoms with E-state index in [1.807, 2.05) is 45.9 Å². The predicted molar refractivity (Wildman–Crippen MR) is 118 cm³/mol. The number of benzene rings is 1. The van der Waals surface area contributed by atoms with Crippen molar-refractivity contribution in [2.24, 2.45) is 0 Å². The van der Waals surface area contributed by atoms with E-state index in [-0.39, 0.29) is 12.1 Å². The summed E-state index contributed by atoms with van der Waals surface area (Å²) < 4.78 is 8.76. The van der Waals surface area contributed by atoms with Gasteiger partial charge >= 0.3 is 6.09 Å². The van der Waals surface area contributed by atoms with Gasteiger partial charge in [0.25, 0.3) is 0 Å². The Hall–Kier alpha value is -1.34. The lowest BCUT2D eigenvalue weighted by Gasteiger charge is -2.36. The Balaban J connectivity index is 2.16. The molecule has 1 aromatic carbocycles. The SMILES string of the molecule is [CH]CC1c2c(c3ccccc3n2C(=O)OC(C)(C)C)CCN1CC(I)=CC. The first-order valence-electron chi connectivity index (χ1n) is 9.37. The zero-order valence-electron chi connectivity index (χ0n) is 16.5. The van der Waals surface area contributed by atoms with E-state index in [4.69, 9.17) is 11.7 Å². The molecule has 1 atom stereocenters. The van der Waals surface area contributed by atoms with Crippen LogP contribution < -0.4 is 0 Å². The third-order valence-corrected chi connectivity index (χ3v) is 5.86. The summed E-state index contributed by atoms with van der Waals surface area (Å²) in [5, 5.41) is 1.12. The molecular formula is C22H27IN2O2. The average Bonchev–Trinajstić information content (AvgIpc) is 2.94. The maximum Gasteiger partial charge on any atom is 0.419 e. The van der Waals surface area contributed by atoms with Crippen LogP contribution >= 0.6 is 22.6 Å². The molecule has 5 heteroatoms. The van der Waals surface area contributed by atoms with Gasteiger partial charge < -0.3 is 4.74 Å². The summed E-state index contributed by atoms with van der Waals surface area (Å²) in [4.78, 5) is 15.5. The fourth-order valence-electron chi connectivity index (χ4n) is 3.76. The second-order valence-electron chi connectivity index (χ2n) is 7.90. The van der Waals surface area contributed by atoms with Crippen molar-refractivity contribution in [3.8, 4) is 0 Å². The lowest BCUT2D eigenvalue weighted by atomic mass is 9.95. The Morgan fingerprint density at radius 1 is 1.37 bits per heavy atom. The normalized spacial score (nSPS) is 18.6. The van der Waals surface area contributed by atoms with Crippen molar-refractivity contribution in [3.63, 3.8) is 0 Å². The highest BCUT2D eigenvalue weighted by Crippen LogP contribution is 2.39. The number of ether oxygens (including phenoxy) is 1. The molecule has 1 aliphatic rings. The van der Waals surface area contributed by atoms with Crippen LogP contribution in [0.5, 0.6) is 0 Å². The van der Waals surface area contributed by atoms with Crippen molar-refractivity contribution in [3.05, 3.63) is 52.1 Å². The molecule has 1 aliphatic heterocycles. The van der Waals surface area contributed by atoms with E-state index >= 15 is 0 Å². The number of halogens is 1. The number of allylic oxidation sites excluding steroid dienone is 1. The number of carbonyl (C=O) groups excluding carboxylic acids is 1. The number of para-hydroxylation sites is 1. The van der Waals surface area contributed by atoms with Crippen LogP contribution in [0.25, 0.3) is 10.9 Å². The Morgan fingerprint density at radius 2 is 2.07 bits per heavy atom. The molecule has 0 saturated carbocycles. The zero-order chi connectivity index (χ0) is 19.8. The molecule has 0 spiro atoms. The predicted octanol–water partition coefficient (Wildman–Crippen LogP) is 5.76. The van der Waals surface area contributed by atoms with Gasteiger partial charge in [-0.15, -0.1) is 0 Å². The van der Waals surface area contributed by atoms with Crippen molar-refractivity contribution in [2.75, 3.05) is 13.1 Å². The van der Waals surface area contributed by atoms with Crippen LogP contribution in [0.2, 0.25) is 0 Å². The quantitative estimate of drug-likeness (QED) is 0.526. The summed E-state index contributed by atoms with van der Waals surface area (Å²) in [6, 6.07) is 8.05. The van der Waals surface area contributed by atoms with Gasteiger partial charge in [0.15, 0.2) is 0 Å². The molecule has 0 N–H and O–H groups in total. The first kappa shape index (κ1) is 20.4. The molecule has 0 bridgehead atoms. The molecule has 3 rings (SSSR count). The van der Waals surface area contributed by atoms with Gasteiger partial charge in [-0.1, -0.05) is 24.3 Å². The second-order valence-corrected chi connectivity index (χ2v) is 9.29. The number of fused-ring (bicyclic) bond motifs is 3. The number of hydrogen-bond acceptors (Lipinski definition) is 3.